The molecule has 0 saturated carbocycles. The first kappa shape index (κ1) is 12.9. The summed E-state index contributed by atoms with van der Waals surface area (Å²) in [5.74, 6) is 0. The zero-order valence-electron chi connectivity index (χ0n) is 11.4. The van der Waals surface area contributed by atoms with Crippen LogP contribution >= 0.6 is 0 Å². The molecule has 1 atom stereocenters. The predicted octanol–water partition coefficient (Wildman–Crippen LogP) is 1.82. The van der Waals surface area contributed by atoms with E-state index < -0.39 is 0 Å². The van der Waals surface area contributed by atoms with Gasteiger partial charge in [-0.25, -0.2) is 0 Å². The summed E-state index contributed by atoms with van der Waals surface area (Å²) in [6.45, 7) is 4.10. The normalized spacial score (nSPS) is 25.5. The largest absolute Gasteiger partial charge is 0.380 e. The Balaban J connectivity index is 1.46. The van der Waals surface area contributed by atoms with E-state index in [1.54, 1.807) is 0 Å². The number of nitrogens with zero attached hydrogens (tertiary/aromatic N) is 2. The molecule has 0 aliphatic carbocycles. The fourth-order valence-electron chi connectivity index (χ4n) is 3.06. The number of ether oxygens (including phenoxy) is 1. The van der Waals surface area contributed by atoms with Crippen LogP contribution in [0.25, 0.3) is 0 Å². The Morgan fingerprint density at radius 2 is 1.89 bits per heavy atom. The predicted molar refractivity (Wildman–Crippen MR) is 76.4 cm³/mol. The summed E-state index contributed by atoms with van der Waals surface area (Å²) in [7, 11) is 0. The van der Waals surface area contributed by atoms with Gasteiger partial charge in [-0.2, -0.15) is 0 Å². The summed E-state index contributed by atoms with van der Waals surface area (Å²) < 4.78 is 5.53. The summed E-state index contributed by atoms with van der Waals surface area (Å²) in [5.41, 5.74) is 1.30. The second-order valence-electron chi connectivity index (χ2n) is 5.55. The van der Waals surface area contributed by atoms with Crippen molar-refractivity contribution in [1.29, 1.82) is 0 Å². The number of rotatable bonds is 3. The highest BCUT2D eigenvalue weighted by molar-refractivity contribution is 5.44. The van der Waals surface area contributed by atoms with Crippen molar-refractivity contribution >= 4 is 5.69 Å². The third-order valence-corrected chi connectivity index (χ3v) is 4.15. The Bertz CT molecular complexity index is 370. The minimum atomic E-state index is 0.575. The van der Waals surface area contributed by atoms with E-state index in [4.69, 9.17) is 4.74 Å². The van der Waals surface area contributed by atoms with Crippen molar-refractivity contribution in [3.05, 3.63) is 24.5 Å². The molecule has 0 bridgehead atoms. The van der Waals surface area contributed by atoms with Gasteiger partial charge in [-0.3, -0.25) is 4.98 Å². The SMILES string of the molecule is c1cc(N2CCC(NC3CCCOC3)CC2)ccn1. The van der Waals surface area contributed by atoms with Crippen LogP contribution in [-0.4, -0.2) is 43.4 Å². The second kappa shape index (κ2) is 6.35. The molecule has 0 radical (unpaired) electrons. The van der Waals surface area contributed by atoms with Gasteiger partial charge >= 0.3 is 0 Å². The number of aromatic nitrogens is 1. The number of anilines is 1. The summed E-state index contributed by atoms with van der Waals surface area (Å²) in [6, 6.07) is 5.43. The third kappa shape index (κ3) is 3.45. The van der Waals surface area contributed by atoms with E-state index in [1.165, 1.54) is 31.4 Å². The van der Waals surface area contributed by atoms with Gasteiger partial charge in [0.15, 0.2) is 0 Å². The molecule has 4 heteroatoms. The highest BCUT2D eigenvalue weighted by Gasteiger charge is 2.23. The molecule has 2 aliphatic rings. The average Bonchev–Trinajstić information content (AvgIpc) is 2.50. The zero-order chi connectivity index (χ0) is 12.9. The first-order valence-corrected chi connectivity index (χ1v) is 7.40. The van der Waals surface area contributed by atoms with Crippen LogP contribution in [0, 0.1) is 0 Å². The van der Waals surface area contributed by atoms with Crippen molar-refractivity contribution in [2.24, 2.45) is 0 Å². The molecule has 2 aliphatic heterocycles. The van der Waals surface area contributed by atoms with Gasteiger partial charge in [0.1, 0.15) is 0 Å². The lowest BCUT2D eigenvalue weighted by atomic mass is 10.0. The van der Waals surface area contributed by atoms with Gasteiger partial charge in [-0.1, -0.05) is 0 Å². The Morgan fingerprint density at radius 1 is 1.11 bits per heavy atom. The highest BCUT2D eigenvalue weighted by atomic mass is 16.5. The van der Waals surface area contributed by atoms with E-state index in [0.717, 1.165) is 26.3 Å². The molecule has 1 unspecified atom stereocenters. The maximum absolute atomic E-state index is 5.53. The number of hydrogen-bond acceptors (Lipinski definition) is 4. The summed E-state index contributed by atoms with van der Waals surface area (Å²) in [5, 5.41) is 3.77. The lowest BCUT2D eigenvalue weighted by Crippen LogP contribution is -2.48. The molecule has 19 heavy (non-hydrogen) atoms. The minimum Gasteiger partial charge on any atom is -0.380 e. The quantitative estimate of drug-likeness (QED) is 0.900. The summed E-state index contributed by atoms with van der Waals surface area (Å²) in [4.78, 5) is 6.54. The Kier molecular flexibility index (Phi) is 4.30. The highest BCUT2D eigenvalue weighted by Crippen LogP contribution is 2.19. The fourth-order valence-corrected chi connectivity index (χ4v) is 3.06. The van der Waals surface area contributed by atoms with Crippen LogP contribution < -0.4 is 10.2 Å². The van der Waals surface area contributed by atoms with E-state index in [0.29, 0.717) is 12.1 Å². The zero-order valence-corrected chi connectivity index (χ0v) is 11.4. The van der Waals surface area contributed by atoms with Crippen LogP contribution in [0.5, 0.6) is 0 Å². The molecule has 0 aromatic carbocycles. The summed E-state index contributed by atoms with van der Waals surface area (Å²) in [6.07, 6.45) is 8.66. The smallest absolute Gasteiger partial charge is 0.0619 e. The second-order valence-corrected chi connectivity index (χ2v) is 5.55. The Labute approximate surface area is 115 Å². The van der Waals surface area contributed by atoms with Gasteiger partial charge in [0.05, 0.1) is 6.61 Å². The lowest BCUT2D eigenvalue weighted by molar-refractivity contribution is 0.0650. The van der Waals surface area contributed by atoms with Gasteiger partial charge in [0, 0.05) is 49.9 Å². The topological polar surface area (TPSA) is 37.4 Å². The number of hydrogen-bond donors (Lipinski definition) is 1. The van der Waals surface area contributed by atoms with Crippen molar-refractivity contribution in [3.63, 3.8) is 0 Å². The van der Waals surface area contributed by atoms with Gasteiger partial charge in [-0.15, -0.1) is 0 Å². The van der Waals surface area contributed by atoms with E-state index >= 15 is 0 Å². The Morgan fingerprint density at radius 3 is 2.58 bits per heavy atom. The lowest BCUT2D eigenvalue weighted by Gasteiger charge is -2.36. The maximum atomic E-state index is 5.53. The van der Waals surface area contributed by atoms with Gasteiger partial charge in [-0.05, 0) is 37.8 Å². The molecular formula is C15H23N3O. The average molecular weight is 261 g/mol. The number of pyridine rings is 1. The molecule has 3 heterocycles. The minimum absolute atomic E-state index is 0.575. The van der Waals surface area contributed by atoms with Crippen LogP contribution in [0.3, 0.4) is 0 Å². The molecule has 4 nitrogen and oxygen atoms in total. The summed E-state index contributed by atoms with van der Waals surface area (Å²) >= 11 is 0. The standard InChI is InChI=1S/C15H23N3O/c1-2-14(12-19-11-1)17-13-5-9-18(10-6-13)15-3-7-16-8-4-15/h3-4,7-8,13-14,17H,1-2,5-6,9-12H2. The van der Waals surface area contributed by atoms with E-state index in [-0.39, 0.29) is 0 Å². The van der Waals surface area contributed by atoms with Crippen LogP contribution in [0.4, 0.5) is 5.69 Å². The van der Waals surface area contributed by atoms with Crippen molar-refractivity contribution in [2.75, 3.05) is 31.2 Å². The van der Waals surface area contributed by atoms with Gasteiger partial charge < -0.3 is 15.0 Å². The van der Waals surface area contributed by atoms with Gasteiger partial charge in [0.25, 0.3) is 0 Å². The van der Waals surface area contributed by atoms with Crippen molar-refractivity contribution in [1.82, 2.24) is 10.3 Å². The third-order valence-electron chi connectivity index (χ3n) is 4.15. The number of piperidine rings is 1. The fraction of sp³-hybridized carbons (Fsp3) is 0.667. The molecular weight excluding hydrogens is 238 g/mol. The van der Waals surface area contributed by atoms with Crippen LogP contribution in [0.2, 0.25) is 0 Å². The Hall–Kier alpha value is -1.13. The molecule has 2 saturated heterocycles. The van der Waals surface area contributed by atoms with Gasteiger partial charge in [0.2, 0.25) is 0 Å². The van der Waals surface area contributed by atoms with E-state index in [9.17, 15) is 0 Å². The first-order chi connectivity index (χ1) is 9.42. The van der Waals surface area contributed by atoms with Crippen LogP contribution in [-0.2, 0) is 4.74 Å². The monoisotopic (exact) mass is 261 g/mol. The molecule has 1 aromatic heterocycles. The molecule has 1 N–H and O–H groups in total. The van der Waals surface area contributed by atoms with Crippen molar-refractivity contribution < 1.29 is 4.74 Å². The molecule has 3 rings (SSSR count). The van der Waals surface area contributed by atoms with Crippen LogP contribution in [0.1, 0.15) is 25.7 Å². The molecule has 0 amide bonds. The number of nitrogens with one attached hydrogen (secondary N) is 1. The molecule has 2 fully saturated rings. The molecule has 104 valence electrons. The first-order valence-electron chi connectivity index (χ1n) is 7.40. The van der Waals surface area contributed by atoms with E-state index in [2.05, 4.69) is 27.3 Å². The van der Waals surface area contributed by atoms with E-state index in [1.807, 2.05) is 12.4 Å². The van der Waals surface area contributed by atoms with Crippen molar-refractivity contribution in [2.45, 2.75) is 37.8 Å². The molecule has 1 aromatic rings. The van der Waals surface area contributed by atoms with Crippen LogP contribution in [0.15, 0.2) is 24.5 Å². The maximum Gasteiger partial charge on any atom is 0.0619 e. The van der Waals surface area contributed by atoms with Crippen molar-refractivity contribution in [3.8, 4) is 0 Å². The molecule has 0 spiro atoms.